The molecule has 1 fully saturated rings. The summed E-state index contributed by atoms with van der Waals surface area (Å²) in [6.45, 7) is 1.02. The average Bonchev–Trinajstić information content (AvgIpc) is 2.90. The third kappa shape index (κ3) is 4.33. The lowest BCUT2D eigenvalue weighted by atomic mass is 10.1. The fourth-order valence-electron chi connectivity index (χ4n) is 3.00. The van der Waals surface area contributed by atoms with Crippen LogP contribution in [0.4, 0.5) is 8.78 Å². The van der Waals surface area contributed by atoms with E-state index in [-0.39, 0.29) is 42.4 Å². The number of hydrogen-bond acceptors (Lipinski definition) is 4. The highest BCUT2D eigenvalue weighted by molar-refractivity contribution is 7.89. The second kappa shape index (κ2) is 7.73. The van der Waals surface area contributed by atoms with Gasteiger partial charge in [0.2, 0.25) is 15.9 Å². The van der Waals surface area contributed by atoms with Gasteiger partial charge >= 0.3 is 0 Å². The number of rotatable bonds is 4. The molecule has 0 radical (unpaired) electrons. The van der Waals surface area contributed by atoms with E-state index in [1.807, 2.05) is 0 Å². The summed E-state index contributed by atoms with van der Waals surface area (Å²) in [5.74, 6) is -1.78. The van der Waals surface area contributed by atoms with Gasteiger partial charge in [0, 0.05) is 45.5 Å². The molecule has 0 saturated carbocycles. The first-order chi connectivity index (χ1) is 12.8. The number of aryl methyl sites for hydroxylation is 1. The zero-order valence-electron chi connectivity index (χ0n) is 14.8. The lowest BCUT2D eigenvalue weighted by Gasteiger charge is -2.21. The van der Waals surface area contributed by atoms with Crippen molar-refractivity contribution in [3.63, 3.8) is 0 Å². The van der Waals surface area contributed by atoms with E-state index in [1.165, 1.54) is 32.3 Å². The summed E-state index contributed by atoms with van der Waals surface area (Å²) in [7, 11) is -2.04. The Balaban J connectivity index is 1.66. The molecule has 1 aromatic carbocycles. The summed E-state index contributed by atoms with van der Waals surface area (Å²) < 4.78 is 54.9. The van der Waals surface area contributed by atoms with E-state index in [1.54, 1.807) is 7.05 Å². The van der Waals surface area contributed by atoms with Gasteiger partial charge in [0.05, 0.1) is 12.6 Å². The van der Waals surface area contributed by atoms with Gasteiger partial charge in [-0.15, -0.1) is 0 Å². The maximum atomic E-state index is 13.8. The zero-order valence-corrected chi connectivity index (χ0v) is 15.6. The molecule has 7 nitrogen and oxygen atoms in total. The van der Waals surface area contributed by atoms with Crippen LogP contribution in [0.15, 0.2) is 35.5 Å². The van der Waals surface area contributed by atoms with Gasteiger partial charge < -0.3 is 4.90 Å². The summed E-state index contributed by atoms with van der Waals surface area (Å²) >= 11 is 0. The summed E-state index contributed by atoms with van der Waals surface area (Å²) in [5.41, 5.74) is 0.116. The van der Waals surface area contributed by atoms with Crippen molar-refractivity contribution in [2.75, 3.05) is 26.2 Å². The molecule has 1 amide bonds. The maximum Gasteiger partial charge on any atom is 0.246 e. The minimum Gasteiger partial charge on any atom is -0.341 e. The highest BCUT2D eigenvalue weighted by Crippen LogP contribution is 2.18. The van der Waals surface area contributed by atoms with Gasteiger partial charge in [0.1, 0.15) is 16.5 Å². The minimum atomic E-state index is -3.67. The molecule has 1 aliphatic rings. The lowest BCUT2D eigenvalue weighted by Crippen LogP contribution is -2.38. The third-order valence-corrected chi connectivity index (χ3v) is 6.33. The van der Waals surface area contributed by atoms with Gasteiger partial charge in [-0.25, -0.2) is 17.2 Å². The fourth-order valence-corrected chi connectivity index (χ4v) is 4.46. The quantitative estimate of drug-likeness (QED) is 0.775. The van der Waals surface area contributed by atoms with Crippen LogP contribution in [0.5, 0.6) is 0 Å². The number of hydrogen-bond donors (Lipinski definition) is 0. The Morgan fingerprint density at radius 3 is 2.63 bits per heavy atom. The van der Waals surface area contributed by atoms with Crippen molar-refractivity contribution in [1.82, 2.24) is 19.0 Å². The first kappa shape index (κ1) is 19.4. The third-order valence-electron chi connectivity index (χ3n) is 4.48. The standard InChI is InChI=1S/C17H20F2N4O3S/c1-21-12-15(11-20-21)27(25,26)23-6-2-5-22(7-8-23)17(24)9-13-3-4-14(18)10-16(13)19/h3-4,10-12H,2,5-9H2,1H3. The monoisotopic (exact) mass is 398 g/mol. The number of amides is 1. The van der Waals surface area contributed by atoms with E-state index in [0.29, 0.717) is 13.0 Å². The minimum absolute atomic E-state index is 0.109. The van der Waals surface area contributed by atoms with Gasteiger partial charge in [-0.1, -0.05) is 6.07 Å². The molecular weight excluding hydrogens is 378 g/mol. The van der Waals surface area contributed by atoms with Crippen molar-refractivity contribution in [2.24, 2.45) is 7.05 Å². The highest BCUT2D eigenvalue weighted by atomic mass is 32.2. The molecular formula is C17H20F2N4O3S. The number of carbonyl (C=O) groups excluding carboxylic acids is 1. The molecule has 1 aliphatic heterocycles. The van der Waals surface area contributed by atoms with E-state index in [4.69, 9.17) is 0 Å². The van der Waals surface area contributed by atoms with Crippen molar-refractivity contribution in [2.45, 2.75) is 17.7 Å². The van der Waals surface area contributed by atoms with E-state index >= 15 is 0 Å². The van der Waals surface area contributed by atoms with Crippen molar-refractivity contribution in [3.8, 4) is 0 Å². The van der Waals surface area contributed by atoms with Crippen LogP contribution in [0.3, 0.4) is 0 Å². The number of sulfonamides is 1. The Morgan fingerprint density at radius 1 is 1.19 bits per heavy atom. The van der Waals surface area contributed by atoms with E-state index < -0.39 is 21.7 Å². The fraction of sp³-hybridized carbons (Fsp3) is 0.412. The molecule has 0 bridgehead atoms. The van der Waals surface area contributed by atoms with Crippen molar-refractivity contribution < 1.29 is 22.0 Å². The molecule has 0 unspecified atom stereocenters. The molecule has 2 heterocycles. The molecule has 1 saturated heterocycles. The summed E-state index contributed by atoms with van der Waals surface area (Å²) in [6, 6.07) is 3.10. The van der Waals surface area contributed by atoms with Crippen LogP contribution in [-0.4, -0.2) is 59.5 Å². The molecule has 10 heteroatoms. The summed E-state index contributed by atoms with van der Waals surface area (Å²) in [4.78, 5) is 14.1. The molecule has 0 spiro atoms. The Morgan fingerprint density at radius 2 is 1.96 bits per heavy atom. The number of carbonyl (C=O) groups is 1. The Kier molecular flexibility index (Phi) is 5.56. The van der Waals surface area contributed by atoms with Gasteiger partial charge in [-0.05, 0) is 18.1 Å². The van der Waals surface area contributed by atoms with E-state index in [9.17, 15) is 22.0 Å². The second-order valence-corrected chi connectivity index (χ2v) is 8.34. The van der Waals surface area contributed by atoms with Crippen LogP contribution in [0.1, 0.15) is 12.0 Å². The van der Waals surface area contributed by atoms with E-state index in [2.05, 4.69) is 5.10 Å². The van der Waals surface area contributed by atoms with Crippen LogP contribution in [0, 0.1) is 11.6 Å². The number of aromatic nitrogens is 2. The van der Waals surface area contributed by atoms with Crippen molar-refractivity contribution >= 4 is 15.9 Å². The Labute approximate surface area is 156 Å². The molecule has 0 N–H and O–H groups in total. The first-order valence-corrected chi connectivity index (χ1v) is 9.92. The van der Waals surface area contributed by atoms with Crippen LogP contribution in [0.2, 0.25) is 0 Å². The molecule has 0 atom stereocenters. The SMILES string of the molecule is Cn1cc(S(=O)(=O)N2CCCN(C(=O)Cc3ccc(F)cc3F)CC2)cn1. The lowest BCUT2D eigenvalue weighted by molar-refractivity contribution is -0.130. The molecule has 0 aliphatic carbocycles. The smallest absolute Gasteiger partial charge is 0.246 e. The average molecular weight is 398 g/mol. The normalized spacial score (nSPS) is 16.3. The summed E-state index contributed by atoms with van der Waals surface area (Å²) in [6.07, 6.45) is 3.00. The predicted molar refractivity (Wildman–Crippen MR) is 93.2 cm³/mol. The largest absolute Gasteiger partial charge is 0.341 e. The van der Waals surface area contributed by atoms with Crippen LogP contribution in [0.25, 0.3) is 0 Å². The molecule has 1 aromatic heterocycles. The van der Waals surface area contributed by atoms with Crippen LogP contribution < -0.4 is 0 Å². The highest BCUT2D eigenvalue weighted by Gasteiger charge is 2.29. The summed E-state index contributed by atoms with van der Waals surface area (Å²) in [5, 5.41) is 3.89. The number of nitrogens with zero attached hydrogens (tertiary/aromatic N) is 4. The van der Waals surface area contributed by atoms with Crippen molar-refractivity contribution in [1.29, 1.82) is 0 Å². The second-order valence-electron chi connectivity index (χ2n) is 6.40. The van der Waals surface area contributed by atoms with Crippen molar-refractivity contribution in [3.05, 3.63) is 47.8 Å². The van der Waals surface area contributed by atoms with Crippen LogP contribution in [-0.2, 0) is 28.3 Å². The Hall–Kier alpha value is -2.33. The van der Waals surface area contributed by atoms with Gasteiger partial charge in [0.25, 0.3) is 0 Å². The molecule has 146 valence electrons. The first-order valence-electron chi connectivity index (χ1n) is 8.48. The zero-order chi connectivity index (χ0) is 19.6. The number of halogens is 2. The molecule has 27 heavy (non-hydrogen) atoms. The molecule has 2 aromatic rings. The van der Waals surface area contributed by atoms with Gasteiger partial charge in [-0.3, -0.25) is 9.48 Å². The van der Waals surface area contributed by atoms with E-state index in [0.717, 1.165) is 12.1 Å². The molecule has 3 rings (SSSR count). The number of benzene rings is 1. The topological polar surface area (TPSA) is 75.5 Å². The van der Waals surface area contributed by atoms with Crippen LogP contribution >= 0.6 is 0 Å². The van der Waals surface area contributed by atoms with Gasteiger partial charge in [0.15, 0.2) is 0 Å². The van der Waals surface area contributed by atoms with Gasteiger partial charge in [-0.2, -0.15) is 9.40 Å². The Bertz CT molecular complexity index is 945. The maximum absolute atomic E-state index is 13.8. The predicted octanol–water partition coefficient (Wildman–Crippen LogP) is 1.16.